The normalized spacial score (nSPS) is 15.5. The number of hydrogen-bond acceptors (Lipinski definition) is 2. The topological polar surface area (TPSA) is 32.3 Å². The Hall–Kier alpha value is -0.660. The number of aliphatic hydroxyl groups is 1. The van der Waals surface area contributed by atoms with Gasteiger partial charge in [-0.25, -0.2) is 4.39 Å². The summed E-state index contributed by atoms with van der Waals surface area (Å²) in [5.74, 6) is -0.443. The van der Waals surface area contributed by atoms with E-state index in [0.29, 0.717) is 5.56 Å². The van der Waals surface area contributed by atoms with Crippen molar-refractivity contribution >= 4 is 15.9 Å². The largest absolute Gasteiger partial charge is 0.415 e. The van der Waals surface area contributed by atoms with Crippen LogP contribution in [0.5, 0.6) is 0 Å². The van der Waals surface area contributed by atoms with Gasteiger partial charge in [-0.15, -0.1) is 0 Å². The van der Waals surface area contributed by atoms with Gasteiger partial charge in [0.25, 0.3) is 0 Å². The van der Waals surface area contributed by atoms with Gasteiger partial charge in [-0.1, -0.05) is 6.07 Å². The average Bonchev–Trinajstić information content (AvgIpc) is 2.27. The highest BCUT2D eigenvalue weighted by molar-refractivity contribution is 9.10. The summed E-state index contributed by atoms with van der Waals surface area (Å²) in [4.78, 5) is 0. The number of benzene rings is 1. The Labute approximate surface area is 110 Å². The summed E-state index contributed by atoms with van der Waals surface area (Å²) in [6.07, 6.45) is -7.06. The van der Waals surface area contributed by atoms with E-state index in [2.05, 4.69) is 21.2 Å². The van der Waals surface area contributed by atoms with Gasteiger partial charge in [0, 0.05) is 12.6 Å². The summed E-state index contributed by atoms with van der Waals surface area (Å²) in [5.41, 5.74) is 0.623. The lowest BCUT2D eigenvalue weighted by Crippen LogP contribution is -2.39. The number of rotatable bonds is 4. The lowest BCUT2D eigenvalue weighted by atomic mass is 10.1. The Balaban J connectivity index is 2.60. The van der Waals surface area contributed by atoms with Crippen LogP contribution in [0.1, 0.15) is 18.5 Å². The first-order chi connectivity index (χ1) is 8.21. The van der Waals surface area contributed by atoms with E-state index >= 15 is 0 Å². The molecule has 0 aliphatic rings. The van der Waals surface area contributed by atoms with E-state index in [1.54, 1.807) is 6.92 Å². The van der Waals surface area contributed by atoms with Crippen LogP contribution < -0.4 is 5.32 Å². The molecule has 0 amide bonds. The van der Waals surface area contributed by atoms with E-state index in [-0.39, 0.29) is 4.47 Å². The average molecular weight is 330 g/mol. The van der Waals surface area contributed by atoms with Crippen molar-refractivity contribution in [1.82, 2.24) is 5.32 Å². The molecule has 2 unspecified atom stereocenters. The minimum absolute atomic E-state index is 0.241. The van der Waals surface area contributed by atoms with Gasteiger partial charge in [-0.05, 0) is 40.5 Å². The van der Waals surface area contributed by atoms with Gasteiger partial charge in [0.2, 0.25) is 0 Å². The fourth-order valence-electron chi connectivity index (χ4n) is 1.30. The van der Waals surface area contributed by atoms with Gasteiger partial charge in [0.15, 0.2) is 6.10 Å². The van der Waals surface area contributed by atoms with Crippen molar-refractivity contribution in [2.24, 2.45) is 0 Å². The van der Waals surface area contributed by atoms with E-state index in [1.807, 2.05) is 0 Å². The predicted molar refractivity (Wildman–Crippen MR) is 62.6 cm³/mol. The monoisotopic (exact) mass is 329 g/mol. The molecule has 1 aromatic carbocycles. The molecule has 0 heterocycles. The highest BCUT2D eigenvalue weighted by atomic mass is 79.9. The molecule has 0 radical (unpaired) electrons. The number of nitrogens with one attached hydrogen (secondary N) is 1. The molecule has 2 atom stereocenters. The van der Waals surface area contributed by atoms with Crippen molar-refractivity contribution in [2.45, 2.75) is 25.2 Å². The molecule has 7 heteroatoms. The van der Waals surface area contributed by atoms with Crippen molar-refractivity contribution in [1.29, 1.82) is 0 Å². The maximum atomic E-state index is 13.0. The molecule has 2 N–H and O–H groups in total. The third kappa shape index (κ3) is 4.22. The van der Waals surface area contributed by atoms with Gasteiger partial charge >= 0.3 is 6.18 Å². The van der Waals surface area contributed by atoms with Crippen LogP contribution in [0, 0.1) is 5.82 Å². The van der Waals surface area contributed by atoms with E-state index in [1.165, 1.54) is 18.2 Å². The van der Waals surface area contributed by atoms with Crippen LogP contribution in [-0.4, -0.2) is 23.9 Å². The lowest BCUT2D eigenvalue weighted by Gasteiger charge is -2.19. The molecule has 0 aliphatic carbocycles. The van der Waals surface area contributed by atoms with Crippen molar-refractivity contribution in [3.05, 3.63) is 34.1 Å². The quantitative estimate of drug-likeness (QED) is 0.832. The van der Waals surface area contributed by atoms with Crippen molar-refractivity contribution < 1.29 is 22.7 Å². The summed E-state index contributed by atoms with van der Waals surface area (Å²) in [6, 6.07) is 3.74. The maximum absolute atomic E-state index is 13.0. The molecule has 0 aliphatic heterocycles. The van der Waals surface area contributed by atoms with Crippen molar-refractivity contribution in [2.75, 3.05) is 6.54 Å². The molecule has 0 fully saturated rings. The van der Waals surface area contributed by atoms with Crippen LogP contribution in [0.25, 0.3) is 0 Å². The van der Waals surface area contributed by atoms with Crippen molar-refractivity contribution in [3.63, 3.8) is 0 Å². The summed E-state index contributed by atoms with van der Waals surface area (Å²) in [7, 11) is 0. The zero-order chi connectivity index (χ0) is 13.9. The smallest absolute Gasteiger partial charge is 0.382 e. The Kier molecular flexibility index (Phi) is 5.12. The van der Waals surface area contributed by atoms with Crippen LogP contribution in [0.3, 0.4) is 0 Å². The second-order valence-electron chi connectivity index (χ2n) is 3.86. The number of alkyl halides is 3. The number of halogens is 5. The van der Waals surface area contributed by atoms with Crippen LogP contribution >= 0.6 is 15.9 Å². The minimum Gasteiger partial charge on any atom is -0.382 e. The Morgan fingerprint density at radius 3 is 2.50 bits per heavy atom. The molecule has 1 rings (SSSR count). The van der Waals surface area contributed by atoms with Gasteiger partial charge in [-0.2, -0.15) is 13.2 Å². The van der Waals surface area contributed by atoms with Crippen molar-refractivity contribution in [3.8, 4) is 0 Å². The highest BCUT2D eigenvalue weighted by Gasteiger charge is 2.37. The standard InChI is InChI=1S/C11H12BrF4NO/c1-6(17-5-10(18)11(14,15)16)7-2-3-9(13)8(12)4-7/h2-4,6,10,17-18H,5H2,1H3. The van der Waals surface area contributed by atoms with E-state index in [0.717, 1.165) is 0 Å². The van der Waals surface area contributed by atoms with Gasteiger partial charge in [0.1, 0.15) is 5.82 Å². The summed E-state index contributed by atoms with van der Waals surface area (Å²) in [5, 5.41) is 11.4. The molecule has 2 nitrogen and oxygen atoms in total. The Morgan fingerprint density at radius 1 is 1.39 bits per heavy atom. The first-order valence-corrected chi connectivity index (χ1v) is 5.94. The number of aliphatic hydroxyl groups excluding tert-OH is 1. The zero-order valence-electron chi connectivity index (χ0n) is 9.43. The van der Waals surface area contributed by atoms with E-state index in [9.17, 15) is 17.6 Å². The third-order valence-corrected chi connectivity index (χ3v) is 3.05. The van der Waals surface area contributed by atoms with Gasteiger partial charge < -0.3 is 10.4 Å². The lowest BCUT2D eigenvalue weighted by molar-refractivity contribution is -0.202. The molecule has 0 aromatic heterocycles. The SMILES string of the molecule is CC(NCC(O)C(F)(F)F)c1ccc(F)c(Br)c1. The van der Waals surface area contributed by atoms with Crippen LogP contribution in [0.4, 0.5) is 17.6 Å². The van der Waals surface area contributed by atoms with Crippen LogP contribution in [-0.2, 0) is 0 Å². The molecule has 102 valence electrons. The van der Waals surface area contributed by atoms with Crippen LogP contribution in [0.15, 0.2) is 22.7 Å². The Morgan fingerprint density at radius 2 is 2.00 bits per heavy atom. The Bertz CT molecular complexity index is 411. The van der Waals surface area contributed by atoms with Gasteiger partial charge in [0.05, 0.1) is 4.47 Å². The fraction of sp³-hybridized carbons (Fsp3) is 0.455. The molecule has 0 saturated carbocycles. The first kappa shape index (κ1) is 15.4. The molecule has 18 heavy (non-hydrogen) atoms. The fourth-order valence-corrected chi connectivity index (χ4v) is 1.70. The maximum Gasteiger partial charge on any atom is 0.415 e. The molecule has 0 saturated heterocycles. The second-order valence-corrected chi connectivity index (χ2v) is 4.72. The summed E-state index contributed by atoms with van der Waals surface area (Å²) < 4.78 is 49.4. The van der Waals surface area contributed by atoms with E-state index in [4.69, 9.17) is 5.11 Å². The minimum atomic E-state index is -4.64. The molecule has 0 spiro atoms. The van der Waals surface area contributed by atoms with E-state index < -0.39 is 30.7 Å². The zero-order valence-corrected chi connectivity index (χ0v) is 11.0. The molecule has 1 aromatic rings. The third-order valence-electron chi connectivity index (χ3n) is 2.44. The predicted octanol–water partition coefficient (Wildman–Crippen LogP) is 3.16. The number of hydrogen-bond donors (Lipinski definition) is 2. The summed E-state index contributed by atoms with van der Waals surface area (Å²) in [6.45, 7) is 1.02. The highest BCUT2D eigenvalue weighted by Crippen LogP contribution is 2.23. The molecular formula is C11H12BrF4NO. The molecular weight excluding hydrogens is 318 g/mol. The van der Waals surface area contributed by atoms with Gasteiger partial charge in [-0.3, -0.25) is 0 Å². The second kappa shape index (κ2) is 5.99. The summed E-state index contributed by atoms with van der Waals surface area (Å²) >= 11 is 2.99. The molecule has 0 bridgehead atoms. The first-order valence-electron chi connectivity index (χ1n) is 5.15. The van der Waals surface area contributed by atoms with Crippen LogP contribution in [0.2, 0.25) is 0 Å².